The zero-order valence-corrected chi connectivity index (χ0v) is 11.5. The van der Waals surface area contributed by atoms with Crippen LogP contribution in [0.15, 0.2) is 11.1 Å². The number of hydrogen-bond acceptors (Lipinski definition) is 4. The topological polar surface area (TPSA) is 50.1 Å². The van der Waals surface area contributed by atoms with Gasteiger partial charge in [-0.15, -0.1) is 11.8 Å². The van der Waals surface area contributed by atoms with Gasteiger partial charge in [0.2, 0.25) is 0 Å². The lowest BCUT2D eigenvalue weighted by Crippen LogP contribution is -2.49. The highest BCUT2D eigenvalue weighted by atomic mass is 32.2. The predicted molar refractivity (Wildman–Crippen MR) is 70.3 cm³/mol. The van der Waals surface area contributed by atoms with Crippen LogP contribution in [0.4, 0.5) is 0 Å². The molecule has 1 aliphatic rings. The first-order chi connectivity index (χ1) is 8.02. The number of aliphatic hydroxyl groups is 1. The van der Waals surface area contributed by atoms with E-state index in [0.29, 0.717) is 6.04 Å². The lowest BCUT2D eigenvalue weighted by atomic mass is 10.1. The quantitative estimate of drug-likeness (QED) is 0.753. The average Bonchev–Trinajstić information content (AvgIpc) is 3.01. The molecule has 4 nitrogen and oxygen atoms in total. The van der Waals surface area contributed by atoms with Crippen molar-refractivity contribution < 1.29 is 5.11 Å². The van der Waals surface area contributed by atoms with E-state index in [-0.39, 0.29) is 12.1 Å². The maximum Gasteiger partial charge on any atom is 0.0939 e. The standard InChI is InChI=1S/C12H21N3OS/c1-9-6-11(15(3)14-9)17-8-12(2,7-16)13-10-4-5-10/h6,10,13,16H,4-5,7-8H2,1-3H3. The molecule has 1 saturated carbocycles. The fraction of sp³-hybridized carbons (Fsp3) is 0.750. The molecule has 0 aliphatic heterocycles. The van der Waals surface area contributed by atoms with Gasteiger partial charge in [0.1, 0.15) is 0 Å². The van der Waals surface area contributed by atoms with Crippen molar-refractivity contribution >= 4 is 11.8 Å². The van der Waals surface area contributed by atoms with Crippen molar-refractivity contribution in [2.75, 3.05) is 12.4 Å². The molecular formula is C12H21N3OS. The summed E-state index contributed by atoms with van der Waals surface area (Å²) in [6.07, 6.45) is 2.48. The van der Waals surface area contributed by atoms with Crippen molar-refractivity contribution in [3.63, 3.8) is 0 Å². The van der Waals surface area contributed by atoms with Crippen LogP contribution in [0, 0.1) is 6.92 Å². The summed E-state index contributed by atoms with van der Waals surface area (Å²) in [6, 6.07) is 2.69. The molecule has 1 unspecified atom stereocenters. The SMILES string of the molecule is Cc1cc(SCC(C)(CO)NC2CC2)n(C)n1. The fourth-order valence-electron chi connectivity index (χ4n) is 1.81. The lowest BCUT2D eigenvalue weighted by Gasteiger charge is -2.28. The van der Waals surface area contributed by atoms with E-state index in [2.05, 4.69) is 23.4 Å². The Morgan fingerprint density at radius 3 is 2.82 bits per heavy atom. The number of rotatable bonds is 6. The van der Waals surface area contributed by atoms with Gasteiger partial charge in [0.25, 0.3) is 0 Å². The van der Waals surface area contributed by atoms with Crippen LogP contribution in [-0.4, -0.2) is 38.8 Å². The number of nitrogens with one attached hydrogen (secondary N) is 1. The van der Waals surface area contributed by atoms with Gasteiger partial charge in [0.15, 0.2) is 0 Å². The minimum Gasteiger partial charge on any atom is -0.394 e. The summed E-state index contributed by atoms with van der Waals surface area (Å²) in [5.74, 6) is 0.860. The van der Waals surface area contributed by atoms with Crippen LogP contribution >= 0.6 is 11.8 Å². The van der Waals surface area contributed by atoms with Crippen molar-refractivity contribution in [1.82, 2.24) is 15.1 Å². The minimum absolute atomic E-state index is 0.174. The number of nitrogens with zero attached hydrogens (tertiary/aromatic N) is 2. The molecule has 2 N–H and O–H groups in total. The first-order valence-corrected chi connectivity index (χ1v) is 7.03. The zero-order chi connectivity index (χ0) is 12.5. The summed E-state index contributed by atoms with van der Waals surface area (Å²) in [5.41, 5.74) is 0.847. The first kappa shape index (κ1) is 12.9. The molecule has 0 bridgehead atoms. The van der Waals surface area contributed by atoms with Gasteiger partial charge in [-0.25, -0.2) is 0 Å². The van der Waals surface area contributed by atoms with Gasteiger partial charge in [0.05, 0.1) is 17.3 Å². The molecule has 0 aromatic carbocycles. The van der Waals surface area contributed by atoms with Gasteiger partial charge in [-0.05, 0) is 32.8 Å². The van der Waals surface area contributed by atoms with E-state index in [1.54, 1.807) is 11.8 Å². The summed E-state index contributed by atoms with van der Waals surface area (Å²) >= 11 is 1.75. The molecule has 0 amide bonds. The highest BCUT2D eigenvalue weighted by Gasteiger charge is 2.32. The molecule has 1 atom stereocenters. The third-order valence-electron chi connectivity index (χ3n) is 2.98. The Kier molecular flexibility index (Phi) is 3.80. The Bertz CT molecular complexity index is 389. The summed E-state index contributed by atoms with van der Waals surface area (Å²) in [6.45, 7) is 4.26. The van der Waals surface area contributed by atoms with E-state index in [9.17, 15) is 5.11 Å². The van der Waals surface area contributed by atoms with Gasteiger partial charge in [0, 0.05) is 24.4 Å². The number of aliphatic hydroxyl groups excluding tert-OH is 1. The maximum atomic E-state index is 9.52. The number of aromatic nitrogens is 2. The molecule has 5 heteroatoms. The van der Waals surface area contributed by atoms with E-state index < -0.39 is 0 Å². The second-order valence-electron chi connectivity index (χ2n) is 5.17. The van der Waals surface area contributed by atoms with Gasteiger partial charge >= 0.3 is 0 Å². The predicted octanol–water partition coefficient (Wildman–Crippen LogP) is 1.32. The second-order valence-corrected chi connectivity index (χ2v) is 6.17. The summed E-state index contributed by atoms with van der Waals surface area (Å²) in [5, 5.41) is 18.5. The Morgan fingerprint density at radius 1 is 1.65 bits per heavy atom. The first-order valence-electron chi connectivity index (χ1n) is 6.04. The molecule has 17 heavy (non-hydrogen) atoms. The largest absolute Gasteiger partial charge is 0.394 e. The molecule has 0 radical (unpaired) electrons. The third-order valence-corrected chi connectivity index (χ3v) is 4.44. The molecule has 96 valence electrons. The van der Waals surface area contributed by atoms with Crippen LogP contribution < -0.4 is 5.32 Å². The van der Waals surface area contributed by atoms with Gasteiger partial charge in [-0.1, -0.05) is 0 Å². The second kappa shape index (κ2) is 5.00. The summed E-state index contributed by atoms with van der Waals surface area (Å²) in [4.78, 5) is 0. The monoisotopic (exact) mass is 255 g/mol. The van der Waals surface area contributed by atoms with Gasteiger partial charge < -0.3 is 10.4 Å². The van der Waals surface area contributed by atoms with Crippen molar-refractivity contribution in [2.24, 2.45) is 7.05 Å². The Labute approximate surface area is 107 Å². The summed E-state index contributed by atoms with van der Waals surface area (Å²) < 4.78 is 1.90. The Hall–Kier alpha value is -0.520. The molecule has 1 aromatic rings. The highest BCUT2D eigenvalue weighted by Crippen LogP contribution is 2.27. The van der Waals surface area contributed by atoms with Crippen LogP contribution in [0.3, 0.4) is 0 Å². The van der Waals surface area contributed by atoms with Crippen LogP contribution in [0.1, 0.15) is 25.5 Å². The van der Waals surface area contributed by atoms with E-state index in [1.165, 1.54) is 12.8 Å². The maximum absolute atomic E-state index is 9.52. The molecule has 1 heterocycles. The van der Waals surface area contributed by atoms with E-state index in [0.717, 1.165) is 16.5 Å². The van der Waals surface area contributed by atoms with Crippen LogP contribution in [0.2, 0.25) is 0 Å². The normalized spacial score (nSPS) is 19.3. The van der Waals surface area contributed by atoms with Gasteiger partial charge in [-0.2, -0.15) is 5.10 Å². The molecular weight excluding hydrogens is 234 g/mol. The fourth-order valence-corrected chi connectivity index (χ4v) is 2.93. The minimum atomic E-state index is -0.190. The average molecular weight is 255 g/mol. The highest BCUT2D eigenvalue weighted by molar-refractivity contribution is 7.99. The molecule has 0 saturated heterocycles. The van der Waals surface area contributed by atoms with E-state index in [1.807, 2.05) is 18.7 Å². The number of thioether (sulfide) groups is 1. The smallest absolute Gasteiger partial charge is 0.0939 e. The van der Waals surface area contributed by atoms with E-state index >= 15 is 0 Å². The Morgan fingerprint density at radius 2 is 2.35 bits per heavy atom. The number of aryl methyl sites for hydroxylation is 2. The van der Waals surface area contributed by atoms with Crippen molar-refractivity contribution in [3.8, 4) is 0 Å². The van der Waals surface area contributed by atoms with Crippen LogP contribution in [-0.2, 0) is 7.05 Å². The molecule has 1 aliphatic carbocycles. The van der Waals surface area contributed by atoms with E-state index in [4.69, 9.17) is 0 Å². The van der Waals surface area contributed by atoms with Crippen LogP contribution in [0.25, 0.3) is 0 Å². The third kappa shape index (κ3) is 3.47. The van der Waals surface area contributed by atoms with Crippen LogP contribution in [0.5, 0.6) is 0 Å². The summed E-state index contributed by atoms with van der Waals surface area (Å²) in [7, 11) is 1.96. The Balaban J connectivity index is 1.92. The molecule has 1 fully saturated rings. The molecule has 2 rings (SSSR count). The zero-order valence-electron chi connectivity index (χ0n) is 10.7. The molecule has 1 aromatic heterocycles. The van der Waals surface area contributed by atoms with Crippen molar-refractivity contribution in [3.05, 3.63) is 11.8 Å². The number of hydrogen-bond donors (Lipinski definition) is 2. The van der Waals surface area contributed by atoms with Crippen molar-refractivity contribution in [1.29, 1.82) is 0 Å². The van der Waals surface area contributed by atoms with Gasteiger partial charge in [-0.3, -0.25) is 4.68 Å². The lowest BCUT2D eigenvalue weighted by molar-refractivity contribution is 0.190. The molecule has 0 spiro atoms. The van der Waals surface area contributed by atoms with Crippen molar-refractivity contribution in [2.45, 2.75) is 43.3 Å².